The number of fused-ring (bicyclic) bond motifs is 1. The van der Waals surface area contributed by atoms with Gasteiger partial charge in [0.2, 0.25) is 0 Å². The second-order valence-electron chi connectivity index (χ2n) is 10.8. The summed E-state index contributed by atoms with van der Waals surface area (Å²) in [5, 5.41) is 6.21. The van der Waals surface area contributed by atoms with Crippen LogP contribution in [0.2, 0.25) is 0 Å². The Balaban J connectivity index is 1.21. The lowest BCUT2D eigenvalue weighted by atomic mass is 9.88. The predicted molar refractivity (Wildman–Crippen MR) is 143 cm³/mol. The third kappa shape index (κ3) is 4.73. The van der Waals surface area contributed by atoms with E-state index in [1.807, 2.05) is 12.1 Å². The summed E-state index contributed by atoms with van der Waals surface area (Å²) in [7, 11) is 0. The molecule has 1 aliphatic carbocycles. The Kier molecular flexibility index (Phi) is 6.28. The van der Waals surface area contributed by atoms with Crippen molar-refractivity contribution in [2.45, 2.75) is 50.5 Å². The average Bonchev–Trinajstić information content (AvgIpc) is 3.58. The lowest BCUT2D eigenvalue weighted by Crippen LogP contribution is -2.55. The molecule has 1 saturated heterocycles. The number of amidine groups is 1. The van der Waals surface area contributed by atoms with Crippen LogP contribution in [0, 0.1) is 5.92 Å². The first-order chi connectivity index (χ1) is 18.7. The number of halogens is 3. The van der Waals surface area contributed by atoms with Gasteiger partial charge in [0.25, 0.3) is 5.91 Å². The lowest BCUT2D eigenvalue weighted by Gasteiger charge is -2.44. The molecule has 8 nitrogen and oxygen atoms in total. The molecule has 1 saturated carbocycles. The van der Waals surface area contributed by atoms with E-state index in [9.17, 15) is 18.0 Å². The number of benzene rings is 1. The Morgan fingerprint density at radius 1 is 1.21 bits per heavy atom. The molecule has 4 heterocycles. The van der Waals surface area contributed by atoms with Gasteiger partial charge in [-0.15, -0.1) is 0 Å². The fourth-order valence-electron chi connectivity index (χ4n) is 6.31. The van der Waals surface area contributed by atoms with Crippen molar-refractivity contribution >= 4 is 23.3 Å². The smallest absolute Gasteiger partial charge is 0.382 e. The number of carbonyl (C=O) groups is 1. The second-order valence-corrected chi connectivity index (χ2v) is 10.8. The summed E-state index contributed by atoms with van der Waals surface area (Å²) < 4.78 is 39.0. The van der Waals surface area contributed by atoms with Gasteiger partial charge in [-0.1, -0.05) is 19.1 Å². The summed E-state index contributed by atoms with van der Waals surface area (Å²) in [6.45, 7) is 5.78. The van der Waals surface area contributed by atoms with Crippen LogP contribution in [0.3, 0.4) is 0 Å². The molecule has 0 bridgehead atoms. The first-order valence-corrected chi connectivity index (χ1v) is 13.5. The number of alkyl halides is 3. The van der Waals surface area contributed by atoms with Gasteiger partial charge < -0.3 is 21.3 Å². The largest absolute Gasteiger partial charge is 0.416 e. The molecule has 2 aromatic rings. The predicted octanol–water partition coefficient (Wildman–Crippen LogP) is 3.89. The molecule has 4 N–H and O–H groups in total. The minimum Gasteiger partial charge on any atom is -0.382 e. The summed E-state index contributed by atoms with van der Waals surface area (Å²) in [4.78, 5) is 26.1. The number of nitrogens with one attached hydrogen (secondary N) is 2. The highest BCUT2D eigenvalue weighted by Gasteiger charge is 2.52. The van der Waals surface area contributed by atoms with Crippen LogP contribution in [0.25, 0.3) is 5.70 Å². The number of aromatic nitrogens is 1. The molecule has 6 rings (SSSR count). The Labute approximate surface area is 225 Å². The molecule has 1 spiro atoms. The van der Waals surface area contributed by atoms with Crippen molar-refractivity contribution in [3.05, 3.63) is 65.0 Å². The van der Waals surface area contributed by atoms with Crippen molar-refractivity contribution < 1.29 is 18.0 Å². The zero-order chi connectivity index (χ0) is 27.4. The number of likely N-dealkylation sites (tertiary alicyclic amines) is 1. The quantitative estimate of drug-likeness (QED) is 0.534. The van der Waals surface area contributed by atoms with E-state index in [1.54, 1.807) is 12.1 Å². The number of hydrogen-bond acceptors (Lipinski definition) is 7. The van der Waals surface area contributed by atoms with Crippen molar-refractivity contribution in [3.63, 3.8) is 0 Å². The van der Waals surface area contributed by atoms with Crippen LogP contribution in [0.1, 0.15) is 54.1 Å². The number of rotatable bonds is 5. The second kappa shape index (κ2) is 9.55. The molecular weight excluding hydrogens is 507 g/mol. The highest BCUT2D eigenvalue weighted by atomic mass is 19.4. The van der Waals surface area contributed by atoms with Crippen LogP contribution in [-0.2, 0) is 6.18 Å². The molecule has 4 aliphatic rings. The van der Waals surface area contributed by atoms with Gasteiger partial charge in [-0.3, -0.25) is 14.7 Å². The molecule has 39 heavy (non-hydrogen) atoms. The van der Waals surface area contributed by atoms with E-state index in [0.717, 1.165) is 61.3 Å². The SMILES string of the molecule is CCN1CC(C2NC(c3ccc(C(=O)Nc4cc(C(F)(F)F)ccn4)cc3)=C3C(N)=NCCN32)CCC12CC2. The van der Waals surface area contributed by atoms with E-state index in [1.165, 1.54) is 19.3 Å². The van der Waals surface area contributed by atoms with Gasteiger partial charge in [0.15, 0.2) is 0 Å². The van der Waals surface area contributed by atoms with E-state index in [2.05, 4.69) is 37.3 Å². The molecule has 2 fully saturated rings. The maximum atomic E-state index is 13.0. The monoisotopic (exact) mass is 539 g/mol. The Morgan fingerprint density at radius 3 is 2.67 bits per heavy atom. The van der Waals surface area contributed by atoms with Crippen LogP contribution >= 0.6 is 0 Å². The van der Waals surface area contributed by atoms with Gasteiger partial charge in [0.1, 0.15) is 23.5 Å². The summed E-state index contributed by atoms with van der Waals surface area (Å²) in [5.74, 6) is 0.247. The van der Waals surface area contributed by atoms with Gasteiger partial charge in [-0.25, -0.2) is 4.98 Å². The molecule has 1 aromatic heterocycles. The molecule has 1 aromatic carbocycles. The first-order valence-electron chi connectivity index (χ1n) is 13.5. The normalized spacial score (nSPS) is 24.3. The van der Waals surface area contributed by atoms with Crippen LogP contribution in [-0.4, -0.2) is 64.4 Å². The number of nitrogens with two attached hydrogens (primary N) is 1. The average molecular weight is 540 g/mol. The van der Waals surface area contributed by atoms with Crippen LogP contribution in [0.4, 0.5) is 19.0 Å². The highest BCUT2D eigenvalue weighted by molar-refractivity contribution is 6.06. The highest BCUT2D eigenvalue weighted by Crippen LogP contribution is 2.50. The van der Waals surface area contributed by atoms with Gasteiger partial charge in [-0.05, 0) is 62.1 Å². The summed E-state index contributed by atoms with van der Waals surface area (Å²) in [6.07, 6.45) is 1.59. The van der Waals surface area contributed by atoms with Crippen molar-refractivity contribution in [3.8, 4) is 0 Å². The van der Waals surface area contributed by atoms with Crippen molar-refractivity contribution in [2.24, 2.45) is 16.6 Å². The van der Waals surface area contributed by atoms with Crippen molar-refractivity contribution in [2.75, 3.05) is 31.5 Å². The number of amides is 1. The first kappa shape index (κ1) is 25.7. The topological polar surface area (TPSA) is 98.9 Å². The number of nitrogens with zero attached hydrogens (tertiary/aromatic N) is 4. The summed E-state index contributed by atoms with van der Waals surface area (Å²) in [6, 6.07) is 8.63. The Hall–Kier alpha value is -3.60. The number of anilines is 1. The molecule has 1 amide bonds. The fourth-order valence-corrected chi connectivity index (χ4v) is 6.31. The zero-order valence-electron chi connectivity index (χ0n) is 21.8. The molecule has 0 radical (unpaired) electrons. The van der Waals surface area contributed by atoms with Gasteiger partial charge >= 0.3 is 6.18 Å². The molecule has 3 aliphatic heterocycles. The minimum atomic E-state index is -4.52. The Bertz CT molecular complexity index is 1330. The Morgan fingerprint density at radius 2 is 1.97 bits per heavy atom. The van der Waals surface area contributed by atoms with E-state index in [0.29, 0.717) is 29.4 Å². The van der Waals surface area contributed by atoms with Crippen LogP contribution in [0.5, 0.6) is 0 Å². The van der Waals surface area contributed by atoms with E-state index in [4.69, 9.17) is 5.73 Å². The molecular formula is C28H32F3N7O. The third-order valence-electron chi connectivity index (χ3n) is 8.54. The number of pyridine rings is 1. The van der Waals surface area contributed by atoms with E-state index < -0.39 is 17.6 Å². The minimum absolute atomic E-state index is 0.115. The third-order valence-corrected chi connectivity index (χ3v) is 8.54. The van der Waals surface area contributed by atoms with Crippen molar-refractivity contribution in [1.29, 1.82) is 0 Å². The number of hydrogen-bond donors (Lipinski definition) is 3. The molecule has 2 unspecified atom stereocenters. The van der Waals surface area contributed by atoms with E-state index in [-0.39, 0.29) is 12.0 Å². The lowest BCUT2D eigenvalue weighted by molar-refractivity contribution is -0.137. The maximum Gasteiger partial charge on any atom is 0.416 e. The van der Waals surface area contributed by atoms with Crippen LogP contribution < -0.4 is 16.4 Å². The molecule has 11 heteroatoms. The number of carbonyl (C=O) groups excluding carboxylic acids is 1. The maximum absolute atomic E-state index is 13.0. The standard InChI is InChI=1S/C28H32F3N7O/c1-2-37-16-19(7-9-27(37)10-11-27)25-36-22(23-24(32)34-13-14-38(23)25)17-3-5-18(6-4-17)26(39)35-21-15-20(8-12-33-21)28(29,30)31/h3-6,8,12,15,19,25,36H,2,7,9-11,13-14,16H2,1H3,(H2,32,34)(H,33,35,39). The van der Waals surface area contributed by atoms with E-state index >= 15 is 0 Å². The van der Waals surface area contributed by atoms with Gasteiger partial charge in [-0.2, -0.15) is 13.2 Å². The summed E-state index contributed by atoms with van der Waals surface area (Å²) >= 11 is 0. The van der Waals surface area contributed by atoms with Gasteiger partial charge in [0, 0.05) is 36.3 Å². The van der Waals surface area contributed by atoms with Crippen molar-refractivity contribution in [1.82, 2.24) is 20.1 Å². The van der Waals surface area contributed by atoms with Crippen LogP contribution in [0.15, 0.2) is 53.3 Å². The fraction of sp³-hybridized carbons (Fsp3) is 0.464. The molecule has 2 atom stereocenters. The number of piperidine rings is 1. The molecule has 206 valence electrons. The number of aliphatic imine (C=N–C) groups is 1. The van der Waals surface area contributed by atoms with Gasteiger partial charge in [0.05, 0.1) is 17.8 Å². The summed E-state index contributed by atoms with van der Waals surface area (Å²) in [5.41, 5.74) is 8.91. The zero-order valence-corrected chi connectivity index (χ0v) is 21.8.